The van der Waals surface area contributed by atoms with Crippen molar-refractivity contribution < 1.29 is 9.53 Å². The highest BCUT2D eigenvalue weighted by Crippen LogP contribution is 2.19. The molecule has 0 aliphatic carbocycles. The Balaban J connectivity index is 2.53. The van der Waals surface area contributed by atoms with Crippen molar-refractivity contribution in [2.24, 2.45) is 0 Å². The van der Waals surface area contributed by atoms with Gasteiger partial charge in [-0.25, -0.2) is 4.98 Å². The Hall–Kier alpha value is -0.680. The average molecular weight is 231 g/mol. The highest BCUT2D eigenvalue weighted by Gasteiger charge is 2.17. The first kappa shape index (κ1) is 7.94. The smallest absolute Gasteiger partial charge is 0.169 e. The lowest BCUT2D eigenvalue weighted by molar-refractivity contribution is 0.0800. The highest BCUT2D eigenvalue weighted by molar-refractivity contribution is 9.10. The Morgan fingerprint density at radius 2 is 2.50 bits per heavy atom. The number of ether oxygens (including phenoxy) is 1. The Morgan fingerprint density at radius 3 is 3.25 bits per heavy atom. The van der Waals surface area contributed by atoms with E-state index in [4.69, 9.17) is 4.74 Å². The fraction of sp³-hybridized carbons (Fsp3) is 0.429. The predicted molar refractivity (Wildman–Crippen MR) is 45.0 cm³/mol. The third-order valence-electron chi connectivity index (χ3n) is 1.84. The van der Waals surface area contributed by atoms with E-state index in [2.05, 4.69) is 20.9 Å². The van der Waals surface area contributed by atoms with Crippen LogP contribution >= 0.6 is 15.9 Å². The molecule has 2 rings (SSSR count). The lowest BCUT2D eigenvalue weighted by Gasteiger charge is -2.14. The van der Waals surface area contributed by atoms with Gasteiger partial charge in [0, 0.05) is 6.54 Å². The molecule has 0 N–H and O–H groups in total. The molecule has 4 nitrogen and oxygen atoms in total. The number of carbonyl (C=O) groups excluding carboxylic acids is 1. The molecule has 0 spiro atoms. The first-order valence-electron chi connectivity index (χ1n) is 3.60. The van der Waals surface area contributed by atoms with Crippen LogP contribution in [0.25, 0.3) is 0 Å². The van der Waals surface area contributed by atoms with Gasteiger partial charge in [-0.15, -0.1) is 0 Å². The van der Waals surface area contributed by atoms with Crippen molar-refractivity contribution >= 4 is 22.2 Å². The third kappa shape index (κ3) is 1.09. The van der Waals surface area contributed by atoms with Crippen molar-refractivity contribution in [2.75, 3.05) is 6.61 Å². The fourth-order valence-corrected chi connectivity index (χ4v) is 1.78. The van der Waals surface area contributed by atoms with E-state index in [0.29, 0.717) is 30.1 Å². The SMILES string of the molecule is O=Cc1c(Br)nc2n1CCOC2. The molecule has 1 aliphatic heterocycles. The predicted octanol–water partition coefficient (Wildman–Crippen LogP) is 0.988. The molecule has 0 amide bonds. The quantitative estimate of drug-likeness (QED) is 0.677. The molecule has 0 saturated heterocycles. The second kappa shape index (κ2) is 2.99. The molecule has 1 aromatic rings. The molecule has 0 aromatic carbocycles. The van der Waals surface area contributed by atoms with Crippen LogP contribution in [0.2, 0.25) is 0 Å². The van der Waals surface area contributed by atoms with Crippen molar-refractivity contribution in [1.29, 1.82) is 0 Å². The maximum absolute atomic E-state index is 10.6. The van der Waals surface area contributed by atoms with Crippen molar-refractivity contribution in [3.05, 3.63) is 16.1 Å². The van der Waals surface area contributed by atoms with Crippen LogP contribution in [-0.4, -0.2) is 22.4 Å². The fourth-order valence-electron chi connectivity index (χ4n) is 1.27. The number of carbonyl (C=O) groups is 1. The zero-order valence-electron chi connectivity index (χ0n) is 6.29. The molecule has 2 heterocycles. The molecular formula is C7H7BrN2O2. The number of rotatable bonds is 1. The summed E-state index contributed by atoms with van der Waals surface area (Å²) in [5.74, 6) is 0.815. The zero-order chi connectivity index (χ0) is 8.55. The van der Waals surface area contributed by atoms with Crippen molar-refractivity contribution in [2.45, 2.75) is 13.2 Å². The molecular weight excluding hydrogens is 224 g/mol. The van der Waals surface area contributed by atoms with Gasteiger partial charge in [-0.1, -0.05) is 0 Å². The van der Waals surface area contributed by atoms with Gasteiger partial charge in [-0.05, 0) is 15.9 Å². The summed E-state index contributed by atoms with van der Waals surface area (Å²) in [4.78, 5) is 14.8. The molecule has 0 radical (unpaired) electrons. The summed E-state index contributed by atoms with van der Waals surface area (Å²) in [6.07, 6.45) is 0.811. The number of hydrogen-bond acceptors (Lipinski definition) is 3. The Morgan fingerprint density at radius 1 is 1.67 bits per heavy atom. The van der Waals surface area contributed by atoms with Crippen molar-refractivity contribution in [3.63, 3.8) is 0 Å². The molecule has 1 aliphatic rings. The van der Waals surface area contributed by atoms with Gasteiger partial charge in [0.2, 0.25) is 0 Å². The molecule has 0 bridgehead atoms. The zero-order valence-corrected chi connectivity index (χ0v) is 7.87. The minimum absolute atomic E-state index is 0.493. The summed E-state index contributed by atoms with van der Waals surface area (Å²) in [7, 11) is 0. The van der Waals surface area contributed by atoms with Crippen LogP contribution < -0.4 is 0 Å². The largest absolute Gasteiger partial charge is 0.372 e. The summed E-state index contributed by atoms with van der Waals surface area (Å²) in [5, 5.41) is 0. The second-order valence-electron chi connectivity index (χ2n) is 2.53. The monoisotopic (exact) mass is 230 g/mol. The van der Waals surface area contributed by atoms with Crippen LogP contribution in [-0.2, 0) is 17.9 Å². The van der Waals surface area contributed by atoms with Gasteiger partial charge < -0.3 is 9.30 Å². The molecule has 1 aromatic heterocycles. The minimum atomic E-state index is 0.493. The maximum Gasteiger partial charge on any atom is 0.169 e. The van der Waals surface area contributed by atoms with E-state index in [-0.39, 0.29) is 0 Å². The van der Waals surface area contributed by atoms with Gasteiger partial charge in [0.05, 0.1) is 6.61 Å². The van der Waals surface area contributed by atoms with Crippen LogP contribution in [0.1, 0.15) is 16.3 Å². The van der Waals surface area contributed by atoms with Gasteiger partial charge in [0.25, 0.3) is 0 Å². The summed E-state index contributed by atoms with van der Waals surface area (Å²) >= 11 is 3.22. The number of halogens is 1. The van der Waals surface area contributed by atoms with Crippen molar-refractivity contribution in [3.8, 4) is 0 Å². The van der Waals surface area contributed by atoms with Gasteiger partial charge in [0.15, 0.2) is 6.29 Å². The van der Waals surface area contributed by atoms with E-state index < -0.39 is 0 Å². The summed E-state index contributed by atoms with van der Waals surface area (Å²) in [5.41, 5.74) is 0.605. The number of nitrogens with zero attached hydrogens (tertiary/aromatic N) is 2. The van der Waals surface area contributed by atoms with Crippen LogP contribution in [0.3, 0.4) is 0 Å². The summed E-state index contributed by atoms with van der Waals surface area (Å²) in [6, 6.07) is 0. The highest BCUT2D eigenvalue weighted by atomic mass is 79.9. The van der Waals surface area contributed by atoms with Crippen molar-refractivity contribution in [1.82, 2.24) is 9.55 Å². The Kier molecular flexibility index (Phi) is 1.98. The number of aromatic nitrogens is 2. The van der Waals surface area contributed by atoms with E-state index in [1.807, 2.05) is 4.57 Å². The van der Waals surface area contributed by atoms with Gasteiger partial charge >= 0.3 is 0 Å². The first-order valence-corrected chi connectivity index (χ1v) is 4.40. The topological polar surface area (TPSA) is 44.1 Å². The molecule has 12 heavy (non-hydrogen) atoms. The Labute approximate surface area is 77.7 Å². The van der Waals surface area contributed by atoms with Crippen LogP contribution in [0.5, 0.6) is 0 Å². The lowest BCUT2D eigenvalue weighted by Crippen LogP contribution is -2.18. The number of fused-ring (bicyclic) bond motifs is 1. The van der Waals surface area contributed by atoms with E-state index in [1.54, 1.807) is 0 Å². The van der Waals surface area contributed by atoms with Crippen LogP contribution in [0.15, 0.2) is 4.60 Å². The van der Waals surface area contributed by atoms with E-state index in [1.165, 1.54) is 0 Å². The van der Waals surface area contributed by atoms with Crippen LogP contribution in [0.4, 0.5) is 0 Å². The summed E-state index contributed by atoms with van der Waals surface area (Å²) in [6.45, 7) is 1.85. The standard InChI is InChI=1S/C7H7BrN2O2/c8-7-5(3-11)10-1-2-12-4-6(10)9-7/h3H,1-2,4H2. The normalized spacial score (nSPS) is 15.8. The van der Waals surface area contributed by atoms with Gasteiger partial charge in [-0.2, -0.15) is 0 Å². The maximum atomic E-state index is 10.6. The molecule has 0 unspecified atom stereocenters. The number of hydrogen-bond donors (Lipinski definition) is 0. The number of imidazole rings is 1. The Bertz CT molecular complexity index is 321. The van der Waals surface area contributed by atoms with Crippen LogP contribution in [0, 0.1) is 0 Å². The van der Waals surface area contributed by atoms with Gasteiger partial charge in [-0.3, -0.25) is 4.79 Å². The molecule has 5 heteroatoms. The molecule has 0 atom stereocenters. The van der Waals surface area contributed by atoms with E-state index in [0.717, 1.165) is 12.1 Å². The van der Waals surface area contributed by atoms with E-state index >= 15 is 0 Å². The third-order valence-corrected chi connectivity index (χ3v) is 2.43. The van der Waals surface area contributed by atoms with Gasteiger partial charge in [0.1, 0.15) is 22.7 Å². The second-order valence-corrected chi connectivity index (χ2v) is 3.28. The molecule has 0 fully saturated rings. The first-order chi connectivity index (χ1) is 5.83. The lowest BCUT2D eigenvalue weighted by atomic mass is 10.4. The number of aldehydes is 1. The van der Waals surface area contributed by atoms with E-state index in [9.17, 15) is 4.79 Å². The molecule has 0 saturated carbocycles. The summed E-state index contributed by atoms with van der Waals surface area (Å²) < 4.78 is 7.67. The molecule has 64 valence electrons. The average Bonchev–Trinajstić information content (AvgIpc) is 2.40. The minimum Gasteiger partial charge on any atom is -0.372 e.